The number of piperazine rings is 1. The molecule has 0 aromatic rings. The van der Waals surface area contributed by atoms with Gasteiger partial charge in [-0.1, -0.05) is 6.92 Å². The fraction of sp³-hybridized carbons (Fsp3) is 1.00. The SMILES string of the molecule is CCC1CN(CCCSC)C(C)(C2CC2)CN1. The van der Waals surface area contributed by atoms with E-state index in [1.165, 1.54) is 51.1 Å². The van der Waals surface area contributed by atoms with Crippen LogP contribution in [0.4, 0.5) is 0 Å². The average Bonchev–Trinajstić information content (AvgIpc) is 3.16. The van der Waals surface area contributed by atoms with Crippen molar-refractivity contribution in [1.82, 2.24) is 10.2 Å². The molecule has 1 N–H and O–H groups in total. The Bertz CT molecular complexity index is 242. The maximum atomic E-state index is 3.75. The predicted molar refractivity (Wildman–Crippen MR) is 77.8 cm³/mol. The molecule has 100 valence electrons. The lowest BCUT2D eigenvalue weighted by Gasteiger charge is -2.49. The van der Waals surface area contributed by atoms with Crippen molar-refractivity contribution in [1.29, 1.82) is 0 Å². The summed E-state index contributed by atoms with van der Waals surface area (Å²) in [6.07, 6.45) is 7.73. The van der Waals surface area contributed by atoms with Gasteiger partial charge in [-0.25, -0.2) is 0 Å². The van der Waals surface area contributed by atoms with Crippen molar-refractivity contribution in [2.75, 3.05) is 31.6 Å². The summed E-state index contributed by atoms with van der Waals surface area (Å²) >= 11 is 1.98. The van der Waals surface area contributed by atoms with Gasteiger partial charge < -0.3 is 5.32 Å². The highest BCUT2D eigenvalue weighted by Gasteiger charge is 2.47. The van der Waals surface area contributed by atoms with E-state index in [4.69, 9.17) is 0 Å². The van der Waals surface area contributed by atoms with Crippen molar-refractivity contribution in [3.8, 4) is 0 Å². The van der Waals surface area contributed by atoms with Crippen LogP contribution in [0.3, 0.4) is 0 Å². The Morgan fingerprint density at radius 2 is 2.18 bits per heavy atom. The molecule has 1 aliphatic carbocycles. The van der Waals surface area contributed by atoms with Crippen LogP contribution in [-0.2, 0) is 0 Å². The maximum Gasteiger partial charge on any atom is 0.0334 e. The van der Waals surface area contributed by atoms with Gasteiger partial charge in [0.25, 0.3) is 0 Å². The lowest BCUT2D eigenvalue weighted by atomic mass is 9.89. The molecule has 2 atom stereocenters. The summed E-state index contributed by atoms with van der Waals surface area (Å²) in [6.45, 7) is 8.56. The second kappa shape index (κ2) is 5.94. The standard InChI is InChI=1S/C14H28N2S/c1-4-13-10-16(8-5-9-17-3)14(2,11-15-13)12-6-7-12/h12-13,15H,4-11H2,1-3H3. The van der Waals surface area contributed by atoms with Crippen molar-refractivity contribution < 1.29 is 0 Å². The highest BCUT2D eigenvalue weighted by Crippen LogP contribution is 2.44. The second-order valence-corrected chi connectivity index (χ2v) is 6.90. The number of rotatable bonds is 6. The fourth-order valence-electron chi connectivity index (χ4n) is 3.13. The van der Waals surface area contributed by atoms with Crippen molar-refractivity contribution in [2.24, 2.45) is 5.92 Å². The first-order valence-corrected chi connectivity index (χ1v) is 8.57. The zero-order chi connectivity index (χ0) is 12.3. The summed E-state index contributed by atoms with van der Waals surface area (Å²) in [5, 5.41) is 3.75. The molecular formula is C14H28N2S. The summed E-state index contributed by atoms with van der Waals surface area (Å²) in [5.41, 5.74) is 0.448. The van der Waals surface area contributed by atoms with Gasteiger partial charge >= 0.3 is 0 Å². The Balaban J connectivity index is 1.93. The minimum atomic E-state index is 0.448. The number of nitrogens with zero attached hydrogens (tertiary/aromatic N) is 1. The number of thioether (sulfide) groups is 1. The third kappa shape index (κ3) is 3.18. The van der Waals surface area contributed by atoms with E-state index in [2.05, 4.69) is 30.3 Å². The molecule has 1 aliphatic heterocycles. The van der Waals surface area contributed by atoms with Crippen LogP contribution in [0.25, 0.3) is 0 Å². The van der Waals surface area contributed by atoms with Gasteiger partial charge in [-0.3, -0.25) is 4.90 Å². The quantitative estimate of drug-likeness (QED) is 0.735. The van der Waals surface area contributed by atoms with Gasteiger partial charge in [0.05, 0.1) is 0 Å². The molecule has 2 aliphatic rings. The molecule has 1 heterocycles. The van der Waals surface area contributed by atoms with Crippen LogP contribution in [0.2, 0.25) is 0 Å². The van der Waals surface area contributed by atoms with E-state index >= 15 is 0 Å². The van der Waals surface area contributed by atoms with Crippen LogP contribution in [0.1, 0.15) is 39.5 Å². The molecule has 0 aromatic carbocycles. The van der Waals surface area contributed by atoms with Gasteiger partial charge in [0.1, 0.15) is 0 Å². The lowest BCUT2D eigenvalue weighted by Crippen LogP contribution is -2.64. The fourth-order valence-corrected chi connectivity index (χ4v) is 3.55. The van der Waals surface area contributed by atoms with E-state index in [1.807, 2.05) is 11.8 Å². The summed E-state index contributed by atoms with van der Waals surface area (Å²) in [5.74, 6) is 2.27. The molecule has 0 amide bonds. The average molecular weight is 256 g/mol. The second-order valence-electron chi connectivity index (χ2n) is 5.91. The molecule has 2 nitrogen and oxygen atoms in total. The van der Waals surface area contributed by atoms with E-state index in [0.717, 1.165) is 12.0 Å². The van der Waals surface area contributed by atoms with E-state index < -0.39 is 0 Å². The molecule has 3 heteroatoms. The molecule has 2 rings (SSSR count). The van der Waals surface area contributed by atoms with Gasteiger partial charge in [-0.05, 0) is 57.1 Å². The number of nitrogens with one attached hydrogen (secondary N) is 1. The van der Waals surface area contributed by atoms with Crippen molar-refractivity contribution in [2.45, 2.75) is 51.1 Å². The van der Waals surface area contributed by atoms with Crippen LogP contribution >= 0.6 is 11.8 Å². The smallest absolute Gasteiger partial charge is 0.0334 e. The van der Waals surface area contributed by atoms with Crippen molar-refractivity contribution in [3.05, 3.63) is 0 Å². The van der Waals surface area contributed by atoms with E-state index in [0.29, 0.717) is 5.54 Å². The van der Waals surface area contributed by atoms with E-state index in [1.54, 1.807) is 0 Å². The summed E-state index contributed by atoms with van der Waals surface area (Å²) in [4.78, 5) is 2.80. The van der Waals surface area contributed by atoms with E-state index in [-0.39, 0.29) is 0 Å². The molecule has 0 radical (unpaired) electrons. The van der Waals surface area contributed by atoms with Gasteiger partial charge in [-0.15, -0.1) is 0 Å². The van der Waals surface area contributed by atoms with Crippen LogP contribution in [0, 0.1) is 5.92 Å². The van der Waals surface area contributed by atoms with Gasteiger partial charge in [-0.2, -0.15) is 11.8 Å². The third-order valence-corrected chi connectivity index (χ3v) is 5.33. The van der Waals surface area contributed by atoms with Gasteiger partial charge in [0, 0.05) is 24.7 Å². The first-order chi connectivity index (χ1) is 8.20. The Hall–Kier alpha value is 0.270. The monoisotopic (exact) mass is 256 g/mol. The number of hydrogen-bond acceptors (Lipinski definition) is 3. The van der Waals surface area contributed by atoms with E-state index in [9.17, 15) is 0 Å². The predicted octanol–water partition coefficient (Wildman–Crippen LogP) is 2.59. The van der Waals surface area contributed by atoms with Crippen LogP contribution in [-0.4, -0.2) is 48.1 Å². The molecule has 0 spiro atoms. The highest BCUT2D eigenvalue weighted by atomic mass is 32.2. The Kier molecular flexibility index (Phi) is 4.79. The summed E-state index contributed by atoms with van der Waals surface area (Å²) < 4.78 is 0. The Morgan fingerprint density at radius 3 is 2.76 bits per heavy atom. The highest BCUT2D eigenvalue weighted by molar-refractivity contribution is 7.98. The largest absolute Gasteiger partial charge is 0.311 e. The molecular weight excluding hydrogens is 228 g/mol. The zero-order valence-electron chi connectivity index (χ0n) is 11.7. The normalized spacial score (nSPS) is 35.1. The molecule has 17 heavy (non-hydrogen) atoms. The first-order valence-electron chi connectivity index (χ1n) is 7.18. The molecule has 2 fully saturated rings. The van der Waals surface area contributed by atoms with Crippen molar-refractivity contribution in [3.63, 3.8) is 0 Å². The molecule has 0 aromatic heterocycles. The maximum absolute atomic E-state index is 3.75. The van der Waals surface area contributed by atoms with Crippen LogP contribution in [0.5, 0.6) is 0 Å². The number of hydrogen-bond donors (Lipinski definition) is 1. The van der Waals surface area contributed by atoms with Gasteiger partial charge in [0.15, 0.2) is 0 Å². The molecule has 2 unspecified atom stereocenters. The minimum Gasteiger partial charge on any atom is -0.311 e. The first kappa shape index (κ1) is 13.7. The van der Waals surface area contributed by atoms with Crippen LogP contribution < -0.4 is 5.32 Å². The topological polar surface area (TPSA) is 15.3 Å². The molecule has 1 saturated heterocycles. The lowest BCUT2D eigenvalue weighted by molar-refractivity contribution is 0.0346. The molecule has 1 saturated carbocycles. The van der Waals surface area contributed by atoms with Gasteiger partial charge in [0.2, 0.25) is 0 Å². The third-order valence-electron chi connectivity index (χ3n) is 4.64. The van der Waals surface area contributed by atoms with Crippen LogP contribution in [0.15, 0.2) is 0 Å². The Morgan fingerprint density at radius 1 is 1.41 bits per heavy atom. The van der Waals surface area contributed by atoms with Crippen molar-refractivity contribution >= 4 is 11.8 Å². The zero-order valence-corrected chi connectivity index (χ0v) is 12.5. The Labute approximate surface area is 111 Å². The minimum absolute atomic E-state index is 0.448. The summed E-state index contributed by atoms with van der Waals surface area (Å²) in [6, 6.07) is 0.719. The molecule has 0 bridgehead atoms. The summed E-state index contributed by atoms with van der Waals surface area (Å²) in [7, 11) is 0.